The number of aliphatic hydroxyl groups excluding tert-OH is 1. The Bertz CT molecular complexity index is 461. The maximum atomic E-state index is 11.8. The summed E-state index contributed by atoms with van der Waals surface area (Å²) in [5.41, 5.74) is 0.951. The van der Waals surface area contributed by atoms with E-state index in [1.165, 1.54) is 0 Å². The second-order valence-electron chi connectivity index (χ2n) is 5.85. The molecule has 1 fully saturated rings. The third-order valence-corrected chi connectivity index (χ3v) is 4.08. The molecule has 1 amide bonds. The lowest BCUT2D eigenvalue weighted by Gasteiger charge is -2.35. The number of nitrogens with one attached hydrogen (secondary N) is 1. The van der Waals surface area contributed by atoms with E-state index in [9.17, 15) is 9.90 Å². The molecular formula is C17H27N3O3. The molecule has 0 radical (unpaired) electrons. The molecule has 1 saturated heterocycles. The fraction of sp³-hybridized carbons (Fsp3) is 0.588. The molecule has 0 saturated carbocycles. The van der Waals surface area contributed by atoms with Crippen molar-refractivity contribution >= 4 is 5.91 Å². The summed E-state index contributed by atoms with van der Waals surface area (Å²) >= 11 is 0. The minimum atomic E-state index is -0.458. The Morgan fingerprint density at radius 3 is 2.52 bits per heavy atom. The topological polar surface area (TPSA) is 65.0 Å². The zero-order chi connectivity index (χ0) is 16.5. The van der Waals surface area contributed by atoms with Crippen LogP contribution in [0.1, 0.15) is 11.7 Å². The number of piperazine rings is 1. The van der Waals surface area contributed by atoms with Crippen molar-refractivity contribution < 1.29 is 14.6 Å². The lowest BCUT2D eigenvalue weighted by atomic mass is 10.1. The molecular weight excluding hydrogens is 294 g/mol. The summed E-state index contributed by atoms with van der Waals surface area (Å²) in [6, 6.07) is 9.74. The predicted molar refractivity (Wildman–Crippen MR) is 89.2 cm³/mol. The van der Waals surface area contributed by atoms with Gasteiger partial charge in [0.15, 0.2) is 0 Å². The Morgan fingerprint density at radius 1 is 1.22 bits per heavy atom. The highest BCUT2D eigenvalue weighted by molar-refractivity contribution is 5.77. The van der Waals surface area contributed by atoms with E-state index in [1.807, 2.05) is 30.3 Å². The largest absolute Gasteiger partial charge is 0.387 e. The van der Waals surface area contributed by atoms with Crippen molar-refractivity contribution in [2.24, 2.45) is 0 Å². The second kappa shape index (κ2) is 9.62. The number of amides is 1. The molecule has 0 aromatic heterocycles. The summed E-state index contributed by atoms with van der Waals surface area (Å²) in [6.07, 6.45) is -0.458. The number of nitrogens with zero attached hydrogens (tertiary/aromatic N) is 2. The van der Waals surface area contributed by atoms with Crippen LogP contribution in [-0.2, 0) is 9.53 Å². The Kier molecular flexibility index (Phi) is 7.48. The number of benzene rings is 1. The number of methoxy groups -OCH3 is 1. The van der Waals surface area contributed by atoms with Crippen LogP contribution >= 0.6 is 0 Å². The predicted octanol–water partition coefficient (Wildman–Crippen LogP) is 0.100. The van der Waals surface area contributed by atoms with Gasteiger partial charge in [-0.05, 0) is 5.56 Å². The molecule has 6 nitrogen and oxygen atoms in total. The summed E-state index contributed by atoms with van der Waals surface area (Å²) in [6.45, 7) is 5.59. The van der Waals surface area contributed by atoms with Crippen molar-refractivity contribution in [1.82, 2.24) is 15.1 Å². The maximum absolute atomic E-state index is 11.8. The van der Waals surface area contributed by atoms with Crippen LogP contribution in [0.25, 0.3) is 0 Å². The number of β-amino-alcohol motifs (C(OH)–C–C–N with tert-alkyl or cyclic N) is 1. The van der Waals surface area contributed by atoms with Gasteiger partial charge in [0.25, 0.3) is 0 Å². The highest BCUT2D eigenvalue weighted by atomic mass is 16.5. The van der Waals surface area contributed by atoms with Gasteiger partial charge in [-0.3, -0.25) is 14.6 Å². The third kappa shape index (κ3) is 6.27. The van der Waals surface area contributed by atoms with Gasteiger partial charge in [-0.15, -0.1) is 0 Å². The molecule has 128 valence electrons. The molecule has 2 N–H and O–H groups in total. The fourth-order valence-electron chi connectivity index (χ4n) is 2.71. The molecule has 0 bridgehead atoms. The molecule has 1 aliphatic rings. The molecule has 1 heterocycles. The van der Waals surface area contributed by atoms with Gasteiger partial charge in [0.1, 0.15) is 0 Å². The number of carbonyl (C=O) groups excluding carboxylic acids is 1. The first-order chi connectivity index (χ1) is 11.2. The summed E-state index contributed by atoms with van der Waals surface area (Å²) < 4.78 is 4.91. The van der Waals surface area contributed by atoms with Crippen LogP contribution in [0, 0.1) is 0 Å². The number of hydrogen-bond donors (Lipinski definition) is 2. The number of carbonyl (C=O) groups is 1. The Morgan fingerprint density at radius 2 is 1.87 bits per heavy atom. The molecule has 6 heteroatoms. The van der Waals surface area contributed by atoms with Crippen molar-refractivity contribution in [3.63, 3.8) is 0 Å². The van der Waals surface area contributed by atoms with Crippen LogP contribution in [0.4, 0.5) is 0 Å². The minimum absolute atomic E-state index is 0.0415. The molecule has 23 heavy (non-hydrogen) atoms. The zero-order valence-electron chi connectivity index (χ0n) is 13.8. The van der Waals surface area contributed by atoms with Crippen LogP contribution in [0.2, 0.25) is 0 Å². The average molecular weight is 321 g/mol. The van der Waals surface area contributed by atoms with E-state index in [1.54, 1.807) is 7.11 Å². The first kappa shape index (κ1) is 17.9. The SMILES string of the molecule is COCCNC(=O)CN1CCN(C[C@H](O)c2ccccc2)CC1. The Hall–Kier alpha value is -1.47. The van der Waals surface area contributed by atoms with Gasteiger partial charge in [0, 0.05) is 46.4 Å². The maximum Gasteiger partial charge on any atom is 0.234 e. The molecule has 0 unspecified atom stereocenters. The van der Waals surface area contributed by atoms with Gasteiger partial charge in [-0.25, -0.2) is 0 Å². The number of ether oxygens (including phenoxy) is 1. The van der Waals surface area contributed by atoms with Gasteiger partial charge < -0.3 is 15.2 Å². The monoisotopic (exact) mass is 321 g/mol. The van der Waals surface area contributed by atoms with Crippen molar-refractivity contribution in [2.75, 3.05) is 59.5 Å². The van der Waals surface area contributed by atoms with Gasteiger partial charge in [-0.2, -0.15) is 0 Å². The second-order valence-corrected chi connectivity index (χ2v) is 5.85. The van der Waals surface area contributed by atoms with Crippen LogP contribution in [0.3, 0.4) is 0 Å². The van der Waals surface area contributed by atoms with E-state index in [4.69, 9.17) is 4.74 Å². The van der Waals surface area contributed by atoms with Crippen LogP contribution < -0.4 is 5.32 Å². The van der Waals surface area contributed by atoms with E-state index in [0.717, 1.165) is 31.7 Å². The van der Waals surface area contributed by atoms with Gasteiger partial charge >= 0.3 is 0 Å². The number of rotatable bonds is 8. The van der Waals surface area contributed by atoms with Crippen LogP contribution in [-0.4, -0.2) is 80.3 Å². The minimum Gasteiger partial charge on any atom is -0.387 e. The molecule has 2 rings (SSSR count). The van der Waals surface area contributed by atoms with E-state index < -0.39 is 6.10 Å². The van der Waals surface area contributed by atoms with E-state index in [0.29, 0.717) is 26.2 Å². The fourth-order valence-corrected chi connectivity index (χ4v) is 2.71. The highest BCUT2D eigenvalue weighted by Gasteiger charge is 2.21. The van der Waals surface area contributed by atoms with Gasteiger partial charge in [0.05, 0.1) is 19.3 Å². The lowest BCUT2D eigenvalue weighted by molar-refractivity contribution is -0.122. The van der Waals surface area contributed by atoms with Crippen molar-refractivity contribution in [2.45, 2.75) is 6.10 Å². The summed E-state index contributed by atoms with van der Waals surface area (Å²) in [5.74, 6) is 0.0415. The Labute approximate surface area is 138 Å². The summed E-state index contributed by atoms with van der Waals surface area (Å²) in [7, 11) is 1.62. The molecule has 1 aromatic rings. The molecule has 0 aliphatic carbocycles. The van der Waals surface area contributed by atoms with E-state index in [2.05, 4.69) is 15.1 Å². The Balaban J connectivity index is 1.66. The molecule has 0 spiro atoms. The van der Waals surface area contributed by atoms with Crippen molar-refractivity contribution in [3.8, 4) is 0 Å². The number of hydrogen-bond acceptors (Lipinski definition) is 5. The molecule has 1 aromatic carbocycles. The standard InChI is InChI=1S/C17H27N3O3/c1-23-12-7-18-17(22)14-20-10-8-19(9-11-20)13-16(21)15-5-3-2-4-6-15/h2-6,16,21H,7-14H2,1H3,(H,18,22)/t16-/m0/s1. The zero-order valence-corrected chi connectivity index (χ0v) is 13.8. The first-order valence-electron chi connectivity index (χ1n) is 8.12. The van der Waals surface area contributed by atoms with Crippen molar-refractivity contribution in [3.05, 3.63) is 35.9 Å². The van der Waals surface area contributed by atoms with Gasteiger partial charge in [0.2, 0.25) is 5.91 Å². The number of aliphatic hydroxyl groups is 1. The normalized spacial score (nSPS) is 17.8. The average Bonchev–Trinajstić information content (AvgIpc) is 2.57. The van der Waals surface area contributed by atoms with Crippen LogP contribution in [0.15, 0.2) is 30.3 Å². The van der Waals surface area contributed by atoms with Crippen molar-refractivity contribution in [1.29, 1.82) is 0 Å². The van der Waals surface area contributed by atoms with E-state index in [-0.39, 0.29) is 5.91 Å². The van der Waals surface area contributed by atoms with Gasteiger partial charge in [-0.1, -0.05) is 30.3 Å². The quantitative estimate of drug-likeness (QED) is 0.665. The van der Waals surface area contributed by atoms with E-state index >= 15 is 0 Å². The lowest BCUT2D eigenvalue weighted by Crippen LogP contribution is -2.50. The summed E-state index contributed by atoms with van der Waals surface area (Å²) in [4.78, 5) is 16.2. The van der Waals surface area contributed by atoms with Crippen LogP contribution in [0.5, 0.6) is 0 Å². The third-order valence-electron chi connectivity index (χ3n) is 4.08. The summed E-state index contributed by atoms with van der Waals surface area (Å²) in [5, 5.41) is 13.1. The smallest absolute Gasteiger partial charge is 0.234 e. The highest BCUT2D eigenvalue weighted by Crippen LogP contribution is 2.14. The molecule has 1 atom stereocenters. The molecule has 1 aliphatic heterocycles. The first-order valence-corrected chi connectivity index (χ1v) is 8.12.